The van der Waals surface area contributed by atoms with Crippen LogP contribution in [0.2, 0.25) is 0 Å². The van der Waals surface area contributed by atoms with Gasteiger partial charge in [0.25, 0.3) is 5.91 Å². The maximum atomic E-state index is 12.7. The molecule has 4 heterocycles. The highest BCUT2D eigenvalue weighted by molar-refractivity contribution is 8.01. The number of carbonyl (C=O) groups excluding carboxylic acids is 2. The van der Waals surface area contributed by atoms with E-state index >= 15 is 0 Å². The van der Waals surface area contributed by atoms with Crippen molar-refractivity contribution in [2.75, 3.05) is 11.5 Å². The van der Waals surface area contributed by atoms with Crippen LogP contribution < -0.4 is 16.4 Å². The molecule has 2 amide bonds. The molecule has 11 nitrogen and oxygen atoms in total. The molecule has 1 saturated heterocycles. The number of carbonyl (C=O) groups is 3. The van der Waals surface area contributed by atoms with Gasteiger partial charge in [0.05, 0.1) is 6.42 Å². The third-order valence-electron chi connectivity index (χ3n) is 4.80. The van der Waals surface area contributed by atoms with Crippen LogP contribution >= 0.6 is 34.9 Å². The minimum absolute atomic E-state index is 0.121. The molecule has 14 heteroatoms. The molecule has 2 aliphatic rings. The monoisotopic (exact) mass is 495 g/mol. The summed E-state index contributed by atoms with van der Waals surface area (Å²) >= 11 is 3.88. The van der Waals surface area contributed by atoms with E-state index in [1.54, 1.807) is 0 Å². The van der Waals surface area contributed by atoms with E-state index in [-0.39, 0.29) is 28.9 Å². The van der Waals surface area contributed by atoms with E-state index in [0.717, 1.165) is 16.6 Å². The zero-order valence-corrected chi connectivity index (χ0v) is 19.0. The normalized spacial score (nSPS) is 20.0. The molecule has 0 saturated carbocycles. The van der Waals surface area contributed by atoms with Crippen molar-refractivity contribution in [3.05, 3.63) is 54.4 Å². The molecule has 32 heavy (non-hydrogen) atoms. The van der Waals surface area contributed by atoms with Gasteiger partial charge in [-0.25, -0.2) is 4.79 Å². The van der Waals surface area contributed by atoms with Crippen molar-refractivity contribution in [3.8, 4) is 0 Å². The number of aromatic nitrogens is 3. The largest absolute Gasteiger partial charge is 0.477 e. The Bertz CT molecular complexity index is 1230. The van der Waals surface area contributed by atoms with Crippen LogP contribution in [0.25, 0.3) is 0 Å². The van der Waals surface area contributed by atoms with Gasteiger partial charge in [0.1, 0.15) is 17.1 Å². The van der Waals surface area contributed by atoms with Gasteiger partial charge in [-0.3, -0.25) is 33.9 Å². The fourth-order valence-electron chi connectivity index (χ4n) is 3.33. The zero-order valence-electron chi connectivity index (χ0n) is 16.6. The highest BCUT2D eigenvalue weighted by Gasteiger charge is 2.54. The van der Waals surface area contributed by atoms with Crippen LogP contribution in [0.3, 0.4) is 0 Å². The third-order valence-corrected chi connectivity index (χ3v) is 8.14. The van der Waals surface area contributed by atoms with Gasteiger partial charge in [-0.05, 0) is 17.0 Å². The van der Waals surface area contributed by atoms with Crippen LogP contribution in [0.5, 0.6) is 0 Å². The fourth-order valence-corrected chi connectivity index (χ4v) is 6.44. The number of rotatable bonds is 7. The number of nitrogens with one attached hydrogen (secondary N) is 2. The number of hydrogen-bond donors (Lipinski definition) is 3. The molecule has 0 aliphatic carbocycles. The second-order valence-corrected chi connectivity index (χ2v) is 10.0. The van der Waals surface area contributed by atoms with E-state index in [1.165, 1.54) is 39.7 Å². The predicted molar refractivity (Wildman–Crippen MR) is 119 cm³/mol. The van der Waals surface area contributed by atoms with Crippen molar-refractivity contribution in [2.45, 2.75) is 23.0 Å². The van der Waals surface area contributed by atoms with Gasteiger partial charge in [0, 0.05) is 23.4 Å². The van der Waals surface area contributed by atoms with E-state index in [9.17, 15) is 29.1 Å². The average Bonchev–Trinajstić information content (AvgIpc) is 3.25. The molecule has 3 N–H and O–H groups in total. The van der Waals surface area contributed by atoms with Crippen molar-refractivity contribution in [3.63, 3.8) is 0 Å². The van der Waals surface area contributed by atoms with E-state index in [0.29, 0.717) is 11.3 Å². The first-order valence-electron chi connectivity index (χ1n) is 9.28. The number of aryl methyl sites for hydroxylation is 1. The number of hydrogen-bond acceptors (Lipinski definition) is 9. The lowest BCUT2D eigenvalue weighted by Crippen LogP contribution is -2.70. The second-order valence-electron chi connectivity index (χ2n) is 6.96. The first-order chi connectivity index (χ1) is 15.3. The van der Waals surface area contributed by atoms with Crippen LogP contribution in [0.1, 0.15) is 4.88 Å². The highest BCUT2D eigenvalue weighted by Crippen LogP contribution is 2.41. The molecule has 0 spiro atoms. The Labute approximate surface area is 192 Å². The van der Waals surface area contributed by atoms with Crippen LogP contribution in [-0.4, -0.2) is 65.5 Å². The van der Waals surface area contributed by atoms with E-state index in [2.05, 4.69) is 15.4 Å². The van der Waals surface area contributed by atoms with Gasteiger partial charge in [-0.1, -0.05) is 17.8 Å². The van der Waals surface area contributed by atoms with Crippen LogP contribution in [0, 0.1) is 0 Å². The Morgan fingerprint density at radius 3 is 2.84 bits per heavy atom. The van der Waals surface area contributed by atoms with Crippen LogP contribution in [0.4, 0.5) is 0 Å². The average molecular weight is 496 g/mol. The smallest absolute Gasteiger partial charge is 0.352 e. The summed E-state index contributed by atoms with van der Waals surface area (Å²) in [6.45, 7) is 0. The number of β-lactam (4-membered cyclic amide) rings is 1. The summed E-state index contributed by atoms with van der Waals surface area (Å²) in [7, 11) is 1.51. The van der Waals surface area contributed by atoms with Crippen LogP contribution in [-0.2, 0) is 27.9 Å². The van der Waals surface area contributed by atoms with Gasteiger partial charge in [0.15, 0.2) is 5.16 Å². The van der Waals surface area contributed by atoms with E-state index < -0.39 is 34.4 Å². The molecule has 4 rings (SSSR count). The Hall–Kier alpha value is -2.84. The molecule has 0 unspecified atom stereocenters. The maximum absolute atomic E-state index is 12.7. The molecule has 2 aliphatic heterocycles. The summed E-state index contributed by atoms with van der Waals surface area (Å²) in [5.74, 6) is -1.52. The van der Waals surface area contributed by atoms with E-state index in [4.69, 9.17) is 0 Å². The molecule has 168 valence electrons. The number of amides is 2. The lowest BCUT2D eigenvalue weighted by Gasteiger charge is -2.49. The molecule has 0 radical (unpaired) electrons. The summed E-state index contributed by atoms with van der Waals surface area (Å²) in [6, 6.07) is 2.89. The first kappa shape index (κ1) is 22.4. The van der Waals surface area contributed by atoms with Gasteiger partial charge in [-0.15, -0.1) is 23.1 Å². The molecular weight excluding hydrogens is 478 g/mol. The van der Waals surface area contributed by atoms with Gasteiger partial charge in [0.2, 0.25) is 5.91 Å². The summed E-state index contributed by atoms with van der Waals surface area (Å²) in [5.41, 5.74) is -1.42. The van der Waals surface area contributed by atoms with Crippen molar-refractivity contribution >= 4 is 52.6 Å². The lowest BCUT2D eigenvalue weighted by molar-refractivity contribution is -0.150. The molecule has 2 atom stereocenters. The summed E-state index contributed by atoms with van der Waals surface area (Å²) in [5, 5.41) is 16.4. The van der Waals surface area contributed by atoms with Crippen molar-refractivity contribution in [2.24, 2.45) is 7.05 Å². The number of carboxylic acids is 1. The molecule has 0 aromatic carbocycles. The highest BCUT2D eigenvalue weighted by atomic mass is 32.2. The Morgan fingerprint density at radius 2 is 2.16 bits per heavy atom. The number of fused-ring (bicyclic) bond motifs is 1. The predicted octanol–water partition coefficient (Wildman–Crippen LogP) is -0.396. The Morgan fingerprint density at radius 1 is 1.38 bits per heavy atom. The number of H-pyrrole nitrogens is 1. The molecule has 2 aromatic heterocycles. The van der Waals surface area contributed by atoms with Gasteiger partial charge < -0.3 is 10.4 Å². The standard InChI is InChI=1S/C18H17N5O6S3/c1-22-18(20-13(25)14(26)21-22)32-7-8-6-31-16-11(15(27)23(16)12(8)17(28)29)19-10(24)5-9-3-2-4-30-9/h2-4,11,16H,5-7H2,1H3,(H,19,24)(H,21,26)(H,28,29)/t11-,16+/m1/s1. The molecular formula is C18H17N5O6S3. The minimum Gasteiger partial charge on any atom is -0.477 e. The summed E-state index contributed by atoms with van der Waals surface area (Å²) in [6.07, 6.45) is 0.160. The number of nitrogens with zero attached hydrogens (tertiary/aromatic N) is 3. The summed E-state index contributed by atoms with van der Waals surface area (Å²) < 4.78 is 1.28. The van der Waals surface area contributed by atoms with Crippen LogP contribution in [0.15, 0.2) is 43.5 Å². The van der Waals surface area contributed by atoms with E-state index in [1.807, 2.05) is 17.5 Å². The van der Waals surface area contributed by atoms with Gasteiger partial charge in [-0.2, -0.15) is 4.98 Å². The number of aromatic amines is 1. The fraction of sp³-hybridized carbons (Fsp3) is 0.333. The van der Waals surface area contributed by atoms with Crippen molar-refractivity contribution in [1.29, 1.82) is 0 Å². The lowest BCUT2D eigenvalue weighted by atomic mass is 10.0. The maximum Gasteiger partial charge on any atom is 0.352 e. The minimum atomic E-state index is -1.24. The van der Waals surface area contributed by atoms with Crippen molar-refractivity contribution < 1.29 is 19.5 Å². The summed E-state index contributed by atoms with van der Waals surface area (Å²) in [4.78, 5) is 65.5. The number of carboxylic acid groups (broad SMARTS) is 1. The van der Waals surface area contributed by atoms with Crippen molar-refractivity contribution in [1.82, 2.24) is 25.0 Å². The molecule has 1 fully saturated rings. The topological polar surface area (TPSA) is 154 Å². The Balaban J connectivity index is 1.48. The quantitative estimate of drug-likeness (QED) is 0.264. The SMILES string of the molecule is Cn1[nH]c(=O)c(=O)nc1SCC1=C(C(=O)O)N2C(=O)[C@@H](NC(=O)Cc3cccs3)[C@@H]2SC1. The zero-order chi connectivity index (χ0) is 23.0. The molecule has 0 bridgehead atoms. The Kier molecular flexibility index (Phi) is 6.26. The number of aliphatic carboxylic acids is 1. The third kappa shape index (κ3) is 4.25. The molecule has 2 aromatic rings. The number of thiophene rings is 1. The first-order valence-corrected chi connectivity index (χ1v) is 12.2. The second kappa shape index (κ2) is 8.96. The van der Waals surface area contributed by atoms with Gasteiger partial charge >= 0.3 is 17.1 Å². The number of thioether (sulfide) groups is 2.